The van der Waals surface area contributed by atoms with E-state index in [1.807, 2.05) is 0 Å². The average molecular weight is 280 g/mol. The molecule has 0 amide bonds. The molecule has 0 atom stereocenters. The Bertz CT molecular complexity index is 627. The molecule has 0 saturated carbocycles. The van der Waals surface area contributed by atoms with Crippen LogP contribution in [0.4, 0.5) is 15.8 Å². The molecule has 0 spiro atoms. The van der Waals surface area contributed by atoms with Crippen LogP contribution in [0.25, 0.3) is 0 Å². The molecule has 2 rings (SSSR count). The molecule has 9 heteroatoms. The topological polar surface area (TPSA) is 111 Å². The Hall–Kier alpha value is -2.55. The monoisotopic (exact) mass is 280 g/mol. The molecule has 0 bridgehead atoms. The number of nitrogens with one attached hydrogen (secondary N) is 1. The Kier molecular flexibility index (Phi) is 3.66. The molecule has 19 heavy (non-hydrogen) atoms. The molecule has 0 aliphatic rings. The summed E-state index contributed by atoms with van der Waals surface area (Å²) in [5, 5.41) is 24.3. The van der Waals surface area contributed by atoms with E-state index in [2.05, 4.69) is 10.3 Å². The number of non-ortho nitro benzene ring substituents is 1. The predicted molar refractivity (Wildman–Crippen MR) is 69.2 cm³/mol. The standard InChI is InChI=1S/C10H8N4O4S/c15-13(16)8-3-1-2-7(4-8)5-11-10-12-6-9(19-10)14(17)18/h1-4,6H,5H2,(H,11,12). The van der Waals surface area contributed by atoms with Crippen molar-refractivity contribution in [2.24, 2.45) is 0 Å². The van der Waals surface area contributed by atoms with Crippen LogP contribution in [0.3, 0.4) is 0 Å². The van der Waals surface area contributed by atoms with Crippen molar-refractivity contribution >= 4 is 27.2 Å². The van der Waals surface area contributed by atoms with Crippen LogP contribution in [0.1, 0.15) is 5.56 Å². The van der Waals surface area contributed by atoms with Gasteiger partial charge in [-0.2, -0.15) is 0 Å². The minimum Gasteiger partial charge on any atom is -0.357 e. The van der Waals surface area contributed by atoms with Crippen LogP contribution in [0.2, 0.25) is 0 Å². The number of thiazole rings is 1. The molecule has 1 N–H and O–H groups in total. The number of rotatable bonds is 5. The van der Waals surface area contributed by atoms with Gasteiger partial charge in [0.05, 0.1) is 9.85 Å². The number of aromatic nitrogens is 1. The summed E-state index contributed by atoms with van der Waals surface area (Å²) < 4.78 is 0. The molecule has 0 aliphatic carbocycles. The van der Waals surface area contributed by atoms with E-state index in [0.717, 1.165) is 11.3 Å². The Morgan fingerprint density at radius 1 is 1.26 bits per heavy atom. The minimum absolute atomic E-state index is 0.00409. The number of benzene rings is 1. The number of nitrogens with zero attached hydrogens (tertiary/aromatic N) is 3. The number of hydrogen-bond donors (Lipinski definition) is 1. The lowest BCUT2D eigenvalue weighted by Crippen LogP contribution is -1.99. The highest BCUT2D eigenvalue weighted by Crippen LogP contribution is 2.25. The number of anilines is 1. The molecule has 0 unspecified atom stereocenters. The van der Waals surface area contributed by atoms with Crippen molar-refractivity contribution in [3.63, 3.8) is 0 Å². The molecule has 0 radical (unpaired) electrons. The van der Waals surface area contributed by atoms with Crippen molar-refractivity contribution in [2.75, 3.05) is 5.32 Å². The van der Waals surface area contributed by atoms with Crippen LogP contribution in [0, 0.1) is 20.2 Å². The van der Waals surface area contributed by atoms with Crippen molar-refractivity contribution in [1.29, 1.82) is 0 Å². The predicted octanol–water partition coefficient (Wildman–Crippen LogP) is 2.57. The van der Waals surface area contributed by atoms with Crippen LogP contribution in [-0.2, 0) is 6.54 Å². The zero-order valence-corrected chi connectivity index (χ0v) is 10.3. The second-order valence-electron chi connectivity index (χ2n) is 3.54. The molecular weight excluding hydrogens is 272 g/mol. The van der Waals surface area contributed by atoms with Gasteiger partial charge in [0.1, 0.15) is 6.20 Å². The SMILES string of the molecule is O=[N+]([O-])c1cccc(CNc2ncc([N+](=O)[O-])s2)c1. The number of hydrogen-bond acceptors (Lipinski definition) is 7. The van der Waals surface area contributed by atoms with Gasteiger partial charge < -0.3 is 5.32 Å². The maximum Gasteiger partial charge on any atom is 0.345 e. The molecule has 0 fully saturated rings. The molecular formula is C10H8N4O4S. The zero-order chi connectivity index (χ0) is 13.8. The van der Waals surface area contributed by atoms with Gasteiger partial charge in [-0.15, -0.1) is 0 Å². The van der Waals surface area contributed by atoms with Crippen LogP contribution in [-0.4, -0.2) is 14.8 Å². The van der Waals surface area contributed by atoms with E-state index < -0.39 is 9.85 Å². The minimum atomic E-state index is -0.518. The van der Waals surface area contributed by atoms with Crippen LogP contribution >= 0.6 is 11.3 Å². The number of nitro groups is 2. The molecule has 1 heterocycles. The first-order valence-corrected chi connectivity index (χ1v) is 5.95. The van der Waals surface area contributed by atoms with Crippen LogP contribution < -0.4 is 5.32 Å². The third-order valence-corrected chi connectivity index (χ3v) is 3.15. The first-order chi connectivity index (χ1) is 9.06. The van der Waals surface area contributed by atoms with Crippen molar-refractivity contribution in [2.45, 2.75) is 6.54 Å². The van der Waals surface area contributed by atoms with E-state index in [-0.39, 0.29) is 10.7 Å². The number of nitro benzene ring substituents is 1. The van der Waals surface area contributed by atoms with Gasteiger partial charge in [0.2, 0.25) is 0 Å². The third kappa shape index (κ3) is 3.22. The summed E-state index contributed by atoms with van der Waals surface area (Å²) in [7, 11) is 0. The summed E-state index contributed by atoms with van der Waals surface area (Å²) in [5.74, 6) is 0. The van der Waals surface area contributed by atoms with Crippen molar-refractivity contribution in [3.05, 3.63) is 56.3 Å². The average Bonchev–Trinajstić information content (AvgIpc) is 2.85. The summed E-state index contributed by atoms with van der Waals surface area (Å²) >= 11 is 0.916. The Morgan fingerprint density at radius 2 is 2.05 bits per heavy atom. The largest absolute Gasteiger partial charge is 0.357 e. The van der Waals surface area contributed by atoms with E-state index in [0.29, 0.717) is 17.2 Å². The van der Waals surface area contributed by atoms with Crippen molar-refractivity contribution in [1.82, 2.24) is 4.98 Å². The van der Waals surface area contributed by atoms with E-state index >= 15 is 0 Å². The molecule has 0 aliphatic heterocycles. The first kappa shape index (κ1) is 12.9. The van der Waals surface area contributed by atoms with E-state index in [9.17, 15) is 20.2 Å². The smallest absolute Gasteiger partial charge is 0.345 e. The van der Waals surface area contributed by atoms with Gasteiger partial charge in [-0.05, 0) is 16.9 Å². The highest BCUT2D eigenvalue weighted by atomic mass is 32.1. The highest BCUT2D eigenvalue weighted by Gasteiger charge is 2.11. The van der Waals surface area contributed by atoms with Gasteiger partial charge in [-0.25, -0.2) is 4.98 Å². The normalized spacial score (nSPS) is 10.1. The Balaban J connectivity index is 2.03. The van der Waals surface area contributed by atoms with Gasteiger partial charge >= 0.3 is 5.00 Å². The van der Waals surface area contributed by atoms with Crippen molar-refractivity contribution < 1.29 is 9.85 Å². The zero-order valence-electron chi connectivity index (χ0n) is 9.48. The van der Waals surface area contributed by atoms with Gasteiger partial charge in [-0.1, -0.05) is 12.1 Å². The molecule has 98 valence electrons. The molecule has 8 nitrogen and oxygen atoms in total. The summed E-state index contributed by atoms with van der Waals surface area (Å²) in [5.41, 5.74) is 0.705. The molecule has 0 saturated heterocycles. The quantitative estimate of drug-likeness (QED) is 0.665. The van der Waals surface area contributed by atoms with Gasteiger partial charge in [0, 0.05) is 18.7 Å². The lowest BCUT2D eigenvalue weighted by Gasteiger charge is -2.02. The van der Waals surface area contributed by atoms with E-state index in [1.54, 1.807) is 12.1 Å². The van der Waals surface area contributed by atoms with E-state index in [4.69, 9.17) is 0 Å². The Morgan fingerprint density at radius 3 is 2.68 bits per heavy atom. The van der Waals surface area contributed by atoms with Crippen LogP contribution in [0.15, 0.2) is 30.5 Å². The second kappa shape index (κ2) is 5.40. The second-order valence-corrected chi connectivity index (χ2v) is 4.55. The van der Waals surface area contributed by atoms with Gasteiger partial charge in [0.25, 0.3) is 5.69 Å². The third-order valence-electron chi connectivity index (χ3n) is 2.24. The lowest BCUT2D eigenvalue weighted by atomic mass is 10.2. The summed E-state index contributed by atoms with van der Waals surface area (Å²) in [6, 6.07) is 6.15. The fourth-order valence-corrected chi connectivity index (χ4v) is 2.02. The van der Waals surface area contributed by atoms with Crippen molar-refractivity contribution in [3.8, 4) is 0 Å². The first-order valence-electron chi connectivity index (χ1n) is 5.13. The summed E-state index contributed by atoms with van der Waals surface area (Å²) in [6.07, 6.45) is 1.17. The molecule has 1 aromatic heterocycles. The molecule has 1 aromatic carbocycles. The maximum atomic E-state index is 10.6. The van der Waals surface area contributed by atoms with Gasteiger partial charge in [0.15, 0.2) is 5.13 Å². The summed E-state index contributed by atoms with van der Waals surface area (Å²) in [6.45, 7) is 0.312. The van der Waals surface area contributed by atoms with E-state index in [1.165, 1.54) is 18.3 Å². The molecule has 2 aromatic rings. The Labute approximate surface area is 111 Å². The van der Waals surface area contributed by atoms with Crippen LogP contribution in [0.5, 0.6) is 0 Å². The highest BCUT2D eigenvalue weighted by molar-refractivity contribution is 7.18. The maximum absolute atomic E-state index is 10.6. The lowest BCUT2D eigenvalue weighted by molar-refractivity contribution is -0.384. The fourth-order valence-electron chi connectivity index (χ4n) is 1.39. The fraction of sp³-hybridized carbons (Fsp3) is 0.100. The summed E-state index contributed by atoms with van der Waals surface area (Å²) in [4.78, 5) is 23.9. The van der Waals surface area contributed by atoms with Gasteiger partial charge in [-0.3, -0.25) is 20.2 Å².